The van der Waals surface area contributed by atoms with Crippen LogP contribution in [-0.4, -0.2) is 14.9 Å². The summed E-state index contributed by atoms with van der Waals surface area (Å²) in [5.74, 6) is -2.51. The number of nitrogens with one attached hydrogen (secondary N) is 1. The van der Waals surface area contributed by atoms with Gasteiger partial charge in [-0.2, -0.15) is 4.98 Å². The molecule has 0 unspecified atom stereocenters. The van der Waals surface area contributed by atoms with Crippen LogP contribution >= 0.6 is 15.9 Å². The lowest BCUT2D eigenvalue weighted by molar-refractivity contribution is -0.385. The van der Waals surface area contributed by atoms with Gasteiger partial charge >= 0.3 is 5.69 Å². The zero-order valence-electron chi connectivity index (χ0n) is 10.5. The predicted octanol–water partition coefficient (Wildman–Crippen LogP) is 3.06. The summed E-state index contributed by atoms with van der Waals surface area (Å²) in [6, 6.07) is 2.02. The summed E-state index contributed by atoms with van der Waals surface area (Å²) in [5.41, 5.74) is 4.30. The first-order valence-corrected chi connectivity index (χ1v) is 6.29. The van der Waals surface area contributed by atoms with Crippen LogP contribution in [0.2, 0.25) is 0 Å². The van der Waals surface area contributed by atoms with E-state index < -0.39 is 27.9 Å². The van der Waals surface area contributed by atoms with Gasteiger partial charge in [-0.25, -0.2) is 13.8 Å². The van der Waals surface area contributed by atoms with Crippen molar-refractivity contribution >= 4 is 39.1 Å². The molecule has 0 aliphatic rings. The lowest BCUT2D eigenvalue weighted by atomic mass is 10.2. The Morgan fingerprint density at radius 2 is 1.90 bits per heavy atom. The summed E-state index contributed by atoms with van der Waals surface area (Å²) < 4.78 is 27.7. The Bertz CT molecular complexity index is 718. The minimum atomic E-state index is -0.939. The Hall–Kier alpha value is -2.36. The number of hydrogen-bond acceptors (Lipinski definition) is 6. The molecule has 2 rings (SSSR count). The van der Waals surface area contributed by atoms with Gasteiger partial charge in [-0.3, -0.25) is 10.1 Å². The van der Waals surface area contributed by atoms with Gasteiger partial charge in [0.25, 0.3) is 0 Å². The van der Waals surface area contributed by atoms with Gasteiger partial charge < -0.3 is 11.1 Å². The van der Waals surface area contributed by atoms with Gasteiger partial charge in [0, 0.05) is 4.47 Å². The zero-order valence-corrected chi connectivity index (χ0v) is 12.1. The van der Waals surface area contributed by atoms with E-state index >= 15 is 0 Å². The van der Waals surface area contributed by atoms with E-state index in [1.54, 1.807) is 0 Å². The molecule has 1 aromatic carbocycles. The largest absolute Gasteiger partial charge is 0.368 e. The third-order valence-corrected chi connectivity index (χ3v) is 2.97. The number of anilines is 3. The Kier molecular flexibility index (Phi) is 3.98. The highest BCUT2D eigenvalue weighted by molar-refractivity contribution is 9.10. The molecule has 0 aliphatic carbocycles. The molecule has 0 saturated heterocycles. The van der Waals surface area contributed by atoms with Gasteiger partial charge in [0.1, 0.15) is 11.4 Å². The Morgan fingerprint density at radius 1 is 1.33 bits per heavy atom. The molecule has 0 fully saturated rings. The second-order valence-corrected chi connectivity index (χ2v) is 4.91. The zero-order chi connectivity index (χ0) is 15.7. The first-order valence-electron chi connectivity index (χ1n) is 5.49. The van der Waals surface area contributed by atoms with Crippen LogP contribution in [0.3, 0.4) is 0 Å². The van der Waals surface area contributed by atoms with E-state index in [2.05, 4.69) is 31.2 Å². The number of nitrogens with two attached hydrogens (primary N) is 1. The first kappa shape index (κ1) is 15.0. The maximum absolute atomic E-state index is 13.8. The number of nitrogens with zero attached hydrogens (tertiary/aromatic N) is 3. The van der Waals surface area contributed by atoms with Crippen molar-refractivity contribution in [1.29, 1.82) is 0 Å². The maximum Gasteiger partial charge on any atom is 0.332 e. The van der Waals surface area contributed by atoms with Crippen molar-refractivity contribution in [3.8, 4) is 0 Å². The first-order chi connectivity index (χ1) is 9.79. The molecule has 1 aromatic heterocycles. The van der Waals surface area contributed by atoms with E-state index in [1.807, 2.05) is 0 Å². The number of halogens is 3. The molecule has 0 bridgehead atoms. The van der Waals surface area contributed by atoms with Gasteiger partial charge in [0.05, 0.1) is 4.92 Å². The summed E-state index contributed by atoms with van der Waals surface area (Å²) >= 11 is 2.93. The molecule has 0 saturated carbocycles. The summed E-state index contributed by atoms with van der Waals surface area (Å²) in [5, 5.41) is 13.3. The fourth-order valence-corrected chi connectivity index (χ4v) is 2.08. The Balaban J connectivity index is 2.57. The van der Waals surface area contributed by atoms with Crippen molar-refractivity contribution in [3.05, 3.63) is 44.0 Å². The average Bonchev–Trinajstić information content (AvgIpc) is 2.32. The molecule has 21 heavy (non-hydrogen) atoms. The molecule has 10 heteroatoms. The van der Waals surface area contributed by atoms with Crippen molar-refractivity contribution in [3.63, 3.8) is 0 Å². The molecule has 110 valence electrons. The van der Waals surface area contributed by atoms with Crippen molar-refractivity contribution in [2.24, 2.45) is 0 Å². The van der Waals surface area contributed by atoms with Crippen LogP contribution in [-0.2, 0) is 0 Å². The third-order valence-electron chi connectivity index (χ3n) is 2.51. The second-order valence-electron chi connectivity index (χ2n) is 3.99. The smallest absolute Gasteiger partial charge is 0.332 e. The number of rotatable bonds is 3. The van der Waals surface area contributed by atoms with Gasteiger partial charge in [0.2, 0.25) is 11.8 Å². The Morgan fingerprint density at radius 3 is 2.43 bits per heavy atom. The van der Waals surface area contributed by atoms with E-state index in [-0.39, 0.29) is 21.9 Å². The van der Waals surface area contributed by atoms with Gasteiger partial charge in [0.15, 0.2) is 11.6 Å². The molecule has 0 amide bonds. The standard InChI is InChI=1S/C11H8BrF2N5O2/c1-4-9(19(20)21)10(18-11(15)16-4)17-8-6(13)2-5(12)3-7(8)14/h2-3H,1H3,(H3,15,16,17,18). The topological polar surface area (TPSA) is 107 Å². The van der Waals surface area contributed by atoms with E-state index in [0.29, 0.717) is 0 Å². The third kappa shape index (κ3) is 3.05. The lowest BCUT2D eigenvalue weighted by Crippen LogP contribution is -2.08. The van der Waals surface area contributed by atoms with Crippen LogP contribution < -0.4 is 11.1 Å². The highest BCUT2D eigenvalue weighted by Gasteiger charge is 2.23. The van der Waals surface area contributed by atoms with Crippen LogP contribution in [0, 0.1) is 28.7 Å². The number of nitro groups is 1. The molecule has 0 radical (unpaired) electrons. The van der Waals surface area contributed by atoms with Crippen LogP contribution in [0.25, 0.3) is 0 Å². The van der Waals surface area contributed by atoms with Crippen LogP contribution in [0.1, 0.15) is 5.69 Å². The predicted molar refractivity (Wildman–Crippen MR) is 75.2 cm³/mol. The SMILES string of the molecule is Cc1nc(N)nc(Nc2c(F)cc(Br)cc2F)c1[N+](=O)[O-]. The van der Waals surface area contributed by atoms with E-state index in [9.17, 15) is 18.9 Å². The van der Waals surface area contributed by atoms with Crippen molar-refractivity contribution in [2.75, 3.05) is 11.1 Å². The molecule has 7 nitrogen and oxygen atoms in total. The lowest BCUT2D eigenvalue weighted by Gasteiger charge is -2.10. The van der Waals surface area contributed by atoms with Gasteiger partial charge in [-0.05, 0) is 19.1 Å². The van der Waals surface area contributed by atoms with Gasteiger partial charge in [-0.1, -0.05) is 15.9 Å². The molecule has 0 spiro atoms. The average molecular weight is 360 g/mol. The molecule has 0 atom stereocenters. The number of benzene rings is 1. The van der Waals surface area contributed by atoms with Gasteiger partial charge in [-0.15, -0.1) is 0 Å². The van der Waals surface area contributed by atoms with Crippen LogP contribution in [0.4, 0.5) is 31.9 Å². The number of hydrogen-bond donors (Lipinski definition) is 2. The molecular weight excluding hydrogens is 352 g/mol. The quantitative estimate of drug-likeness (QED) is 0.644. The summed E-state index contributed by atoms with van der Waals surface area (Å²) in [6.45, 7) is 1.34. The monoisotopic (exact) mass is 359 g/mol. The minimum absolute atomic E-state index is 0.0204. The summed E-state index contributed by atoms with van der Waals surface area (Å²) in [7, 11) is 0. The highest BCUT2D eigenvalue weighted by atomic mass is 79.9. The Labute approximate surface area is 125 Å². The highest BCUT2D eigenvalue weighted by Crippen LogP contribution is 2.32. The van der Waals surface area contributed by atoms with Crippen molar-refractivity contribution in [2.45, 2.75) is 6.92 Å². The molecular formula is C11H8BrF2N5O2. The van der Waals surface area contributed by atoms with Crippen LogP contribution in [0.5, 0.6) is 0 Å². The normalized spacial score (nSPS) is 10.5. The van der Waals surface area contributed by atoms with E-state index in [1.165, 1.54) is 6.92 Å². The fourth-order valence-electron chi connectivity index (χ4n) is 1.67. The molecule has 2 aromatic rings. The van der Waals surface area contributed by atoms with E-state index in [0.717, 1.165) is 12.1 Å². The van der Waals surface area contributed by atoms with Crippen molar-refractivity contribution in [1.82, 2.24) is 9.97 Å². The summed E-state index contributed by atoms with van der Waals surface area (Å²) in [4.78, 5) is 17.5. The number of aryl methyl sites for hydroxylation is 1. The van der Waals surface area contributed by atoms with E-state index in [4.69, 9.17) is 5.73 Å². The minimum Gasteiger partial charge on any atom is -0.368 e. The second kappa shape index (κ2) is 5.56. The molecule has 3 N–H and O–H groups in total. The summed E-state index contributed by atoms with van der Waals surface area (Å²) in [6.07, 6.45) is 0. The van der Waals surface area contributed by atoms with Crippen LogP contribution in [0.15, 0.2) is 16.6 Å². The fraction of sp³-hybridized carbons (Fsp3) is 0.0909. The molecule has 0 aliphatic heterocycles. The number of aromatic nitrogens is 2. The number of nitrogen functional groups attached to an aromatic ring is 1. The molecule has 1 heterocycles. The maximum atomic E-state index is 13.8. The van der Waals surface area contributed by atoms with Crippen molar-refractivity contribution < 1.29 is 13.7 Å².